The Morgan fingerprint density at radius 1 is 1.08 bits per heavy atom. The monoisotopic (exact) mass is 330 g/mol. The van der Waals surface area contributed by atoms with Gasteiger partial charge in [0.25, 0.3) is 5.91 Å². The summed E-state index contributed by atoms with van der Waals surface area (Å²) in [5.74, 6) is 0.860. The van der Waals surface area contributed by atoms with E-state index in [-0.39, 0.29) is 11.8 Å². The van der Waals surface area contributed by atoms with Crippen molar-refractivity contribution in [1.82, 2.24) is 4.90 Å². The molecule has 1 aromatic rings. The van der Waals surface area contributed by atoms with Crippen LogP contribution in [0.4, 0.5) is 5.69 Å². The smallest absolute Gasteiger partial charge is 0.253 e. The molecule has 1 saturated heterocycles. The Labute approximate surface area is 145 Å². The molecule has 1 aromatic carbocycles. The maximum absolute atomic E-state index is 12.5. The third-order valence-corrected chi connectivity index (χ3v) is 4.74. The molecule has 0 unspecified atom stereocenters. The molecule has 0 saturated carbocycles. The fourth-order valence-electron chi connectivity index (χ4n) is 3.03. The van der Waals surface area contributed by atoms with Gasteiger partial charge in [-0.05, 0) is 49.4 Å². The summed E-state index contributed by atoms with van der Waals surface area (Å²) >= 11 is 0. The Hall–Kier alpha value is -1.84. The minimum absolute atomic E-state index is 0.0511. The Bertz CT molecular complexity index is 531. The van der Waals surface area contributed by atoms with Crippen LogP contribution in [-0.2, 0) is 4.79 Å². The third kappa shape index (κ3) is 5.66. The fourth-order valence-corrected chi connectivity index (χ4v) is 3.03. The SMILES string of the molecule is CCCCCCC(=O)Nc1ccc(C(=O)N2CCC(C)CC2)cc1. The summed E-state index contributed by atoms with van der Waals surface area (Å²) in [5.41, 5.74) is 1.46. The van der Waals surface area contributed by atoms with Gasteiger partial charge in [-0.15, -0.1) is 0 Å². The lowest BCUT2D eigenvalue weighted by Gasteiger charge is -2.30. The Morgan fingerprint density at radius 2 is 1.75 bits per heavy atom. The molecule has 1 heterocycles. The molecular weight excluding hydrogens is 300 g/mol. The van der Waals surface area contributed by atoms with Gasteiger partial charge in [0.05, 0.1) is 0 Å². The molecule has 4 heteroatoms. The van der Waals surface area contributed by atoms with E-state index in [1.165, 1.54) is 12.8 Å². The predicted octanol–water partition coefficient (Wildman–Crippen LogP) is 4.47. The highest BCUT2D eigenvalue weighted by molar-refractivity contribution is 5.95. The molecule has 132 valence electrons. The third-order valence-electron chi connectivity index (χ3n) is 4.74. The summed E-state index contributed by atoms with van der Waals surface area (Å²) in [6, 6.07) is 7.27. The number of piperidine rings is 1. The van der Waals surface area contributed by atoms with Crippen LogP contribution in [0.25, 0.3) is 0 Å². The van der Waals surface area contributed by atoms with Crippen LogP contribution < -0.4 is 5.32 Å². The van der Waals surface area contributed by atoms with Crippen LogP contribution in [0.15, 0.2) is 24.3 Å². The average Bonchev–Trinajstić information content (AvgIpc) is 2.59. The second-order valence-corrected chi connectivity index (χ2v) is 6.91. The number of hydrogen-bond donors (Lipinski definition) is 1. The first kappa shape index (κ1) is 18.5. The number of unbranched alkanes of at least 4 members (excludes halogenated alkanes) is 3. The zero-order valence-corrected chi connectivity index (χ0v) is 15.0. The lowest BCUT2D eigenvalue weighted by molar-refractivity contribution is -0.116. The van der Waals surface area contributed by atoms with Crippen molar-refractivity contribution in [1.29, 1.82) is 0 Å². The number of carbonyl (C=O) groups excluding carboxylic acids is 2. The minimum Gasteiger partial charge on any atom is -0.339 e. The number of rotatable bonds is 7. The van der Waals surface area contributed by atoms with Crippen molar-refractivity contribution in [2.24, 2.45) is 5.92 Å². The number of amides is 2. The summed E-state index contributed by atoms with van der Waals surface area (Å²) < 4.78 is 0. The number of hydrogen-bond acceptors (Lipinski definition) is 2. The van der Waals surface area contributed by atoms with Crippen molar-refractivity contribution < 1.29 is 9.59 Å². The number of carbonyl (C=O) groups is 2. The van der Waals surface area contributed by atoms with E-state index in [4.69, 9.17) is 0 Å². The lowest BCUT2D eigenvalue weighted by atomic mass is 9.98. The maximum atomic E-state index is 12.5. The van der Waals surface area contributed by atoms with Gasteiger partial charge in [-0.2, -0.15) is 0 Å². The molecular formula is C20H30N2O2. The molecule has 2 rings (SSSR count). The van der Waals surface area contributed by atoms with Gasteiger partial charge in [-0.3, -0.25) is 9.59 Å². The normalized spacial score (nSPS) is 15.3. The molecule has 0 bridgehead atoms. The van der Waals surface area contributed by atoms with E-state index in [2.05, 4.69) is 19.2 Å². The number of likely N-dealkylation sites (tertiary alicyclic amines) is 1. The van der Waals surface area contributed by atoms with E-state index in [9.17, 15) is 9.59 Å². The van der Waals surface area contributed by atoms with E-state index >= 15 is 0 Å². The lowest BCUT2D eigenvalue weighted by Crippen LogP contribution is -2.37. The average molecular weight is 330 g/mol. The molecule has 1 aliphatic rings. The molecule has 4 nitrogen and oxygen atoms in total. The van der Waals surface area contributed by atoms with Crippen molar-refractivity contribution in [2.45, 2.75) is 58.8 Å². The highest BCUT2D eigenvalue weighted by atomic mass is 16.2. The van der Waals surface area contributed by atoms with Crippen LogP contribution in [0, 0.1) is 5.92 Å². The van der Waals surface area contributed by atoms with Crippen molar-refractivity contribution >= 4 is 17.5 Å². The second kappa shape index (κ2) is 9.45. The fraction of sp³-hybridized carbons (Fsp3) is 0.600. The van der Waals surface area contributed by atoms with Gasteiger partial charge >= 0.3 is 0 Å². The van der Waals surface area contributed by atoms with Crippen LogP contribution in [0.5, 0.6) is 0 Å². The zero-order chi connectivity index (χ0) is 17.4. The summed E-state index contributed by atoms with van der Waals surface area (Å²) in [4.78, 5) is 26.3. The molecule has 24 heavy (non-hydrogen) atoms. The van der Waals surface area contributed by atoms with Gasteiger partial charge in [0, 0.05) is 30.8 Å². The van der Waals surface area contributed by atoms with Gasteiger partial charge in [0.2, 0.25) is 5.91 Å². The van der Waals surface area contributed by atoms with E-state index in [1.807, 2.05) is 29.2 Å². The molecule has 2 amide bonds. The van der Waals surface area contributed by atoms with E-state index < -0.39 is 0 Å². The van der Waals surface area contributed by atoms with Gasteiger partial charge in [-0.25, -0.2) is 0 Å². The highest BCUT2D eigenvalue weighted by Gasteiger charge is 2.21. The van der Waals surface area contributed by atoms with Gasteiger partial charge in [0.15, 0.2) is 0 Å². The predicted molar refractivity (Wildman–Crippen MR) is 98.1 cm³/mol. The van der Waals surface area contributed by atoms with Crippen LogP contribution in [0.3, 0.4) is 0 Å². The van der Waals surface area contributed by atoms with E-state index in [1.54, 1.807) is 0 Å². The Morgan fingerprint density at radius 3 is 2.38 bits per heavy atom. The van der Waals surface area contributed by atoms with Crippen LogP contribution in [-0.4, -0.2) is 29.8 Å². The summed E-state index contributed by atoms with van der Waals surface area (Å²) in [6.45, 7) is 6.08. The number of benzene rings is 1. The quantitative estimate of drug-likeness (QED) is 0.750. The van der Waals surface area contributed by atoms with Crippen molar-refractivity contribution in [2.75, 3.05) is 18.4 Å². The molecule has 1 aliphatic heterocycles. The zero-order valence-electron chi connectivity index (χ0n) is 15.0. The van der Waals surface area contributed by atoms with E-state index in [0.29, 0.717) is 17.9 Å². The van der Waals surface area contributed by atoms with Gasteiger partial charge in [-0.1, -0.05) is 33.1 Å². The van der Waals surface area contributed by atoms with Crippen molar-refractivity contribution in [3.8, 4) is 0 Å². The largest absolute Gasteiger partial charge is 0.339 e. The van der Waals surface area contributed by atoms with Gasteiger partial charge in [0.1, 0.15) is 0 Å². The topological polar surface area (TPSA) is 49.4 Å². The Balaban J connectivity index is 1.81. The Kier molecular flexibility index (Phi) is 7.29. The molecule has 0 aromatic heterocycles. The standard InChI is InChI=1S/C20H30N2O2/c1-3-4-5-6-7-19(23)21-18-10-8-17(9-11-18)20(24)22-14-12-16(2)13-15-22/h8-11,16H,3-7,12-15H2,1-2H3,(H,21,23). The number of anilines is 1. The van der Waals surface area contributed by atoms with Crippen LogP contribution in [0.2, 0.25) is 0 Å². The maximum Gasteiger partial charge on any atom is 0.253 e. The molecule has 0 radical (unpaired) electrons. The molecule has 0 aliphatic carbocycles. The number of nitrogens with one attached hydrogen (secondary N) is 1. The highest BCUT2D eigenvalue weighted by Crippen LogP contribution is 2.19. The molecule has 1 fully saturated rings. The minimum atomic E-state index is 0.0511. The first-order valence-electron chi connectivity index (χ1n) is 9.29. The molecule has 0 atom stereocenters. The summed E-state index contributed by atoms with van der Waals surface area (Å²) in [7, 11) is 0. The summed E-state index contributed by atoms with van der Waals surface area (Å²) in [6.07, 6.45) is 7.12. The van der Waals surface area contributed by atoms with Crippen molar-refractivity contribution in [3.05, 3.63) is 29.8 Å². The number of nitrogens with zero attached hydrogens (tertiary/aromatic N) is 1. The summed E-state index contributed by atoms with van der Waals surface area (Å²) in [5, 5.41) is 2.91. The first-order chi connectivity index (χ1) is 11.6. The van der Waals surface area contributed by atoms with Crippen molar-refractivity contribution in [3.63, 3.8) is 0 Å². The first-order valence-corrected chi connectivity index (χ1v) is 9.29. The second-order valence-electron chi connectivity index (χ2n) is 6.91. The van der Waals surface area contributed by atoms with Crippen LogP contribution in [0.1, 0.15) is 69.2 Å². The van der Waals surface area contributed by atoms with Gasteiger partial charge < -0.3 is 10.2 Å². The van der Waals surface area contributed by atoms with E-state index in [0.717, 1.165) is 44.5 Å². The molecule has 0 spiro atoms. The van der Waals surface area contributed by atoms with Crippen LogP contribution >= 0.6 is 0 Å². The molecule has 1 N–H and O–H groups in total.